The Balaban J connectivity index is 2.60. The van der Waals surface area contributed by atoms with E-state index in [4.69, 9.17) is 10.4 Å². The molecule has 0 atom stereocenters. The number of aliphatic hydroxyl groups is 1. The summed E-state index contributed by atoms with van der Waals surface area (Å²) in [5, 5.41) is 17.4. The Hall–Kier alpha value is -0.980. The lowest BCUT2D eigenvalue weighted by molar-refractivity contribution is 0.322. The highest BCUT2D eigenvalue weighted by Gasteiger charge is 1.99. The van der Waals surface area contributed by atoms with Crippen molar-refractivity contribution >= 4 is 11.8 Å². The van der Waals surface area contributed by atoms with Gasteiger partial charge >= 0.3 is 0 Å². The number of rotatable bonds is 4. The number of thioether (sulfide) groups is 1. The highest BCUT2D eigenvalue weighted by molar-refractivity contribution is 7.98. The molecule has 2 nitrogen and oxygen atoms in total. The zero-order valence-electron chi connectivity index (χ0n) is 7.23. The molecule has 0 saturated carbocycles. The van der Waals surface area contributed by atoms with E-state index in [1.807, 2.05) is 24.3 Å². The molecule has 0 spiro atoms. The van der Waals surface area contributed by atoms with Crippen LogP contribution in [0, 0.1) is 11.3 Å². The molecule has 0 saturated heterocycles. The summed E-state index contributed by atoms with van der Waals surface area (Å²) < 4.78 is 0. The maximum Gasteiger partial charge on any atom is 0.0994 e. The van der Waals surface area contributed by atoms with E-state index in [1.54, 1.807) is 11.8 Å². The Kier molecular flexibility index (Phi) is 4.37. The first-order valence-electron chi connectivity index (χ1n) is 4.05. The molecule has 0 heterocycles. The number of aliphatic hydroxyl groups excluding tert-OH is 1. The monoisotopic (exact) mass is 193 g/mol. The molecule has 0 aliphatic heterocycles. The molecule has 68 valence electrons. The first-order valence-corrected chi connectivity index (χ1v) is 5.20. The third kappa shape index (κ3) is 3.10. The second-order valence-electron chi connectivity index (χ2n) is 2.55. The Morgan fingerprint density at radius 1 is 1.38 bits per heavy atom. The van der Waals surface area contributed by atoms with Crippen molar-refractivity contribution in [2.24, 2.45) is 0 Å². The number of hydrogen-bond acceptors (Lipinski definition) is 3. The first-order chi connectivity index (χ1) is 6.38. The van der Waals surface area contributed by atoms with E-state index in [-0.39, 0.29) is 6.61 Å². The van der Waals surface area contributed by atoms with E-state index in [2.05, 4.69) is 6.07 Å². The van der Waals surface area contributed by atoms with Crippen LogP contribution in [-0.2, 0) is 5.75 Å². The Bertz CT molecular complexity index is 306. The van der Waals surface area contributed by atoms with E-state index < -0.39 is 0 Å². The number of nitrogens with zero attached hydrogens (tertiary/aromatic N) is 1. The lowest BCUT2D eigenvalue weighted by Crippen LogP contribution is -1.90. The van der Waals surface area contributed by atoms with Crippen LogP contribution in [0.4, 0.5) is 0 Å². The molecule has 1 rings (SSSR count). The Morgan fingerprint density at radius 3 is 2.85 bits per heavy atom. The van der Waals surface area contributed by atoms with Crippen molar-refractivity contribution in [2.45, 2.75) is 5.75 Å². The summed E-state index contributed by atoms with van der Waals surface area (Å²) >= 11 is 1.63. The van der Waals surface area contributed by atoms with Crippen LogP contribution in [0.25, 0.3) is 0 Å². The van der Waals surface area contributed by atoms with Crippen molar-refractivity contribution < 1.29 is 5.11 Å². The van der Waals surface area contributed by atoms with Crippen molar-refractivity contribution in [3.05, 3.63) is 35.4 Å². The van der Waals surface area contributed by atoms with E-state index in [0.29, 0.717) is 0 Å². The second-order valence-corrected chi connectivity index (χ2v) is 3.65. The molecule has 0 aliphatic rings. The molecule has 0 fully saturated rings. The van der Waals surface area contributed by atoms with Gasteiger partial charge in [0, 0.05) is 11.5 Å². The molecule has 1 aromatic carbocycles. The van der Waals surface area contributed by atoms with Gasteiger partial charge in [0.25, 0.3) is 0 Å². The third-order valence-corrected chi connectivity index (χ3v) is 2.62. The van der Waals surface area contributed by atoms with Gasteiger partial charge in [-0.2, -0.15) is 17.0 Å². The smallest absolute Gasteiger partial charge is 0.0994 e. The van der Waals surface area contributed by atoms with Crippen molar-refractivity contribution in [1.82, 2.24) is 0 Å². The summed E-state index contributed by atoms with van der Waals surface area (Å²) in [4.78, 5) is 0. The highest BCUT2D eigenvalue weighted by atomic mass is 32.2. The maximum absolute atomic E-state index is 8.77. The third-order valence-electron chi connectivity index (χ3n) is 1.63. The molecular weight excluding hydrogens is 182 g/mol. The van der Waals surface area contributed by atoms with Crippen LogP contribution in [-0.4, -0.2) is 17.5 Å². The fourth-order valence-corrected chi connectivity index (χ4v) is 1.75. The predicted octanol–water partition coefficient (Wildman–Crippen LogP) is 1.78. The highest BCUT2D eigenvalue weighted by Crippen LogP contribution is 2.15. The van der Waals surface area contributed by atoms with E-state index in [9.17, 15) is 0 Å². The molecule has 13 heavy (non-hydrogen) atoms. The zero-order chi connectivity index (χ0) is 9.52. The molecule has 0 amide bonds. The number of nitriles is 1. The molecule has 0 bridgehead atoms. The van der Waals surface area contributed by atoms with Gasteiger partial charge in [0.1, 0.15) is 0 Å². The Morgan fingerprint density at radius 2 is 2.15 bits per heavy atom. The molecule has 0 aromatic heterocycles. The maximum atomic E-state index is 8.77. The van der Waals surface area contributed by atoms with Crippen LogP contribution < -0.4 is 0 Å². The van der Waals surface area contributed by atoms with Crippen molar-refractivity contribution in [3.63, 3.8) is 0 Å². The SMILES string of the molecule is N#Cc1ccccc1CSCCO. The predicted molar refractivity (Wildman–Crippen MR) is 54.4 cm³/mol. The molecule has 0 aliphatic carbocycles. The van der Waals surface area contributed by atoms with Crippen LogP contribution >= 0.6 is 11.8 Å². The van der Waals surface area contributed by atoms with E-state index in [1.165, 1.54) is 0 Å². The number of hydrogen-bond donors (Lipinski definition) is 1. The number of benzene rings is 1. The molecule has 3 heteroatoms. The van der Waals surface area contributed by atoms with Gasteiger partial charge in [0.05, 0.1) is 18.2 Å². The molecular formula is C10H11NOS. The van der Waals surface area contributed by atoms with Gasteiger partial charge in [-0.05, 0) is 11.6 Å². The quantitative estimate of drug-likeness (QED) is 0.741. The van der Waals surface area contributed by atoms with Crippen LogP contribution in [0.2, 0.25) is 0 Å². The van der Waals surface area contributed by atoms with Crippen molar-refractivity contribution in [3.8, 4) is 6.07 Å². The summed E-state index contributed by atoms with van der Waals surface area (Å²) in [6.45, 7) is 0.194. The minimum Gasteiger partial charge on any atom is -0.396 e. The average Bonchev–Trinajstić information content (AvgIpc) is 2.19. The van der Waals surface area contributed by atoms with E-state index >= 15 is 0 Å². The second kappa shape index (κ2) is 5.63. The molecule has 0 unspecified atom stereocenters. The minimum atomic E-state index is 0.194. The van der Waals surface area contributed by atoms with Crippen molar-refractivity contribution in [1.29, 1.82) is 5.26 Å². The van der Waals surface area contributed by atoms with Crippen molar-refractivity contribution in [2.75, 3.05) is 12.4 Å². The fraction of sp³-hybridized carbons (Fsp3) is 0.300. The molecule has 0 radical (unpaired) electrons. The summed E-state index contributed by atoms with van der Waals surface area (Å²) in [6.07, 6.45) is 0. The van der Waals surface area contributed by atoms with Gasteiger partial charge in [-0.15, -0.1) is 0 Å². The van der Waals surface area contributed by atoms with Crippen LogP contribution in [0.15, 0.2) is 24.3 Å². The van der Waals surface area contributed by atoms with Gasteiger partial charge in [-0.25, -0.2) is 0 Å². The fourth-order valence-electron chi connectivity index (χ4n) is 1.00. The molecule has 1 aromatic rings. The Labute approximate surface area is 82.2 Å². The van der Waals surface area contributed by atoms with Gasteiger partial charge in [-0.3, -0.25) is 0 Å². The lowest BCUT2D eigenvalue weighted by atomic mass is 10.1. The van der Waals surface area contributed by atoms with Crippen LogP contribution in [0.5, 0.6) is 0 Å². The van der Waals surface area contributed by atoms with Gasteiger partial charge in [0.15, 0.2) is 0 Å². The minimum absolute atomic E-state index is 0.194. The standard InChI is InChI=1S/C10H11NOS/c11-7-9-3-1-2-4-10(9)8-13-6-5-12/h1-4,12H,5-6,8H2. The largest absolute Gasteiger partial charge is 0.396 e. The molecule has 1 N–H and O–H groups in total. The van der Waals surface area contributed by atoms with Gasteiger partial charge in [-0.1, -0.05) is 18.2 Å². The van der Waals surface area contributed by atoms with Crippen LogP contribution in [0.3, 0.4) is 0 Å². The average molecular weight is 193 g/mol. The van der Waals surface area contributed by atoms with Gasteiger partial charge in [0.2, 0.25) is 0 Å². The van der Waals surface area contributed by atoms with Gasteiger partial charge < -0.3 is 5.11 Å². The summed E-state index contributed by atoms with van der Waals surface area (Å²) in [5.41, 5.74) is 1.77. The lowest BCUT2D eigenvalue weighted by Gasteiger charge is -2.01. The topological polar surface area (TPSA) is 44.0 Å². The normalized spacial score (nSPS) is 9.54. The zero-order valence-corrected chi connectivity index (χ0v) is 8.05. The summed E-state index contributed by atoms with van der Waals surface area (Å²) in [5.74, 6) is 1.52. The summed E-state index contributed by atoms with van der Waals surface area (Å²) in [6, 6.07) is 9.69. The first kappa shape index (κ1) is 10.1. The van der Waals surface area contributed by atoms with Crippen LogP contribution in [0.1, 0.15) is 11.1 Å². The summed E-state index contributed by atoms with van der Waals surface area (Å²) in [7, 11) is 0. The van der Waals surface area contributed by atoms with E-state index in [0.717, 1.165) is 22.6 Å².